The standard InChI is InChI=1S/C26H28N2O7S/c1-4-7-20-14-19(16-23-25(29)27(26(30)36-23)12-6-13-33-3)15-22(34-5-2)24(20)35-17-18-8-10-21(11-9-18)28(31)32/h4,8-11,14-16H,1,5-7,12-13,17H2,2-3H3/b23-16+. The van der Waals surface area contributed by atoms with Crippen molar-refractivity contribution in [1.82, 2.24) is 4.90 Å². The first-order chi connectivity index (χ1) is 17.4. The third-order valence-electron chi connectivity index (χ3n) is 5.25. The summed E-state index contributed by atoms with van der Waals surface area (Å²) in [5.41, 5.74) is 2.26. The van der Waals surface area contributed by atoms with Gasteiger partial charge in [0, 0.05) is 38.0 Å². The van der Waals surface area contributed by atoms with E-state index in [0.717, 1.165) is 22.9 Å². The number of ether oxygens (including phenoxy) is 3. The normalized spacial score (nSPS) is 14.4. The second kappa shape index (κ2) is 12.9. The maximum Gasteiger partial charge on any atom is 0.293 e. The molecule has 0 N–H and O–H groups in total. The maximum atomic E-state index is 12.8. The summed E-state index contributed by atoms with van der Waals surface area (Å²) in [7, 11) is 1.57. The first kappa shape index (κ1) is 27.0. The van der Waals surface area contributed by atoms with E-state index in [0.29, 0.717) is 54.6 Å². The van der Waals surface area contributed by atoms with E-state index in [-0.39, 0.29) is 23.4 Å². The highest BCUT2D eigenvalue weighted by Crippen LogP contribution is 2.38. The van der Waals surface area contributed by atoms with E-state index in [9.17, 15) is 19.7 Å². The van der Waals surface area contributed by atoms with Crippen LogP contribution in [0.3, 0.4) is 0 Å². The molecule has 2 aromatic carbocycles. The van der Waals surface area contributed by atoms with Gasteiger partial charge in [-0.05, 0) is 73.0 Å². The molecule has 1 heterocycles. The summed E-state index contributed by atoms with van der Waals surface area (Å²) < 4.78 is 16.9. The molecule has 0 aromatic heterocycles. The minimum absolute atomic E-state index is 0.00793. The molecule has 1 fully saturated rings. The molecule has 0 bridgehead atoms. The Labute approximate surface area is 213 Å². The lowest BCUT2D eigenvalue weighted by Gasteiger charge is -2.17. The first-order valence-electron chi connectivity index (χ1n) is 11.4. The number of allylic oxidation sites excluding steroid dienone is 1. The summed E-state index contributed by atoms with van der Waals surface area (Å²) in [4.78, 5) is 37.1. The molecule has 2 aromatic rings. The number of non-ortho nitro benzene ring substituents is 1. The molecule has 0 radical (unpaired) electrons. The predicted molar refractivity (Wildman–Crippen MR) is 138 cm³/mol. The zero-order valence-electron chi connectivity index (χ0n) is 20.2. The number of imide groups is 1. The lowest BCUT2D eigenvalue weighted by Crippen LogP contribution is -2.29. The Kier molecular flexibility index (Phi) is 9.66. The molecule has 0 aliphatic carbocycles. The van der Waals surface area contributed by atoms with E-state index in [4.69, 9.17) is 14.2 Å². The van der Waals surface area contributed by atoms with Crippen LogP contribution in [0.4, 0.5) is 10.5 Å². The van der Waals surface area contributed by atoms with Crippen LogP contribution < -0.4 is 9.47 Å². The lowest BCUT2D eigenvalue weighted by atomic mass is 10.0. The number of hydrogen-bond acceptors (Lipinski definition) is 8. The average molecular weight is 513 g/mol. The first-order valence-corrected chi connectivity index (χ1v) is 12.2. The number of carbonyl (C=O) groups excluding carboxylic acids is 2. The Morgan fingerprint density at radius 2 is 1.92 bits per heavy atom. The van der Waals surface area contributed by atoms with Crippen LogP contribution in [0.1, 0.15) is 30.0 Å². The van der Waals surface area contributed by atoms with Crippen molar-refractivity contribution in [3.05, 3.63) is 80.8 Å². The van der Waals surface area contributed by atoms with Gasteiger partial charge in [-0.2, -0.15) is 0 Å². The van der Waals surface area contributed by atoms with Crippen molar-refractivity contribution in [3.63, 3.8) is 0 Å². The number of carbonyl (C=O) groups is 2. The number of methoxy groups -OCH3 is 1. The minimum Gasteiger partial charge on any atom is -0.490 e. The Morgan fingerprint density at radius 3 is 2.56 bits per heavy atom. The Morgan fingerprint density at radius 1 is 1.17 bits per heavy atom. The third kappa shape index (κ3) is 6.73. The summed E-state index contributed by atoms with van der Waals surface area (Å²) in [6, 6.07) is 9.77. The molecule has 3 rings (SSSR count). The number of nitro benzene ring substituents is 1. The van der Waals surface area contributed by atoms with Crippen molar-refractivity contribution in [2.45, 2.75) is 26.4 Å². The van der Waals surface area contributed by atoms with E-state index in [1.54, 1.807) is 37.5 Å². The number of thioether (sulfide) groups is 1. The molecule has 36 heavy (non-hydrogen) atoms. The number of hydrogen-bond donors (Lipinski definition) is 0. The quantitative estimate of drug-likeness (QED) is 0.116. The van der Waals surface area contributed by atoms with Gasteiger partial charge in [0.2, 0.25) is 0 Å². The molecule has 0 saturated carbocycles. The van der Waals surface area contributed by atoms with E-state index >= 15 is 0 Å². The Hall–Kier alpha value is -3.63. The van der Waals surface area contributed by atoms with E-state index < -0.39 is 4.92 Å². The highest BCUT2D eigenvalue weighted by Gasteiger charge is 2.34. The SMILES string of the molecule is C=CCc1cc(/C=C2/SC(=O)N(CCCOC)C2=O)cc(OCC)c1OCc1ccc([N+](=O)[O-])cc1. The van der Waals surface area contributed by atoms with Gasteiger partial charge in [0.05, 0.1) is 16.4 Å². The molecule has 0 spiro atoms. The average Bonchev–Trinajstić information content (AvgIpc) is 3.11. The van der Waals surface area contributed by atoms with Crippen molar-refractivity contribution in [3.8, 4) is 11.5 Å². The molecule has 1 saturated heterocycles. The summed E-state index contributed by atoms with van der Waals surface area (Å²) in [5, 5.41) is 10.6. The fourth-order valence-electron chi connectivity index (χ4n) is 3.58. The number of nitrogens with zero attached hydrogens (tertiary/aromatic N) is 2. The van der Waals surface area contributed by atoms with Gasteiger partial charge in [-0.15, -0.1) is 6.58 Å². The van der Waals surface area contributed by atoms with Gasteiger partial charge in [0.1, 0.15) is 6.61 Å². The fourth-order valence-corrected chi connectivity index (χ4v) is 4.45. The van der Waals surface area contributed by atoms with Gasteiger partial charge in [-0.1, -0.05) is 6.08 Å². The number of amides is 2. The largest absolute Gasteiger partial charge is 0.490 e. The Balaban J connectivity index is 1.87. The van der Waals surface area contributed by atoms with Crippen molar-refractivity contribution >= 4 is 34.7 Å². The predicted octanol–water partition coefficient (Wildman–Crippen LogP) is 5.37. The molecule has 1 aliphatic heterocycles. The number of benzene rings is 2. The van der Waals surface area contributed by atoms with Crippen LogP contribution in [0.2, 0.25) is 0 Å². The second-order valence-corrected chi connectivity index (χ2v) is 8.82. The zero-order chi connectivity index (χ0) is 26.1. The van der Waals surface area contributed by atoms with Crippen LogP contribution in [-0.2, 0) is 22.6 Å². The van der Waals surface area contributed by atoms with Gasteiger partial charge in [-0.25, -0.2) is 0 Å². The Bertz CT molecular complexity index is 1160. The van der Waals surface area contributed by atoms with Gasteiger partial charge in [-0.3, -0.25) is 24.6 Å². The van der Waals surface area contributed by atoms with Gasteiger partial charge in [0.25, 0.3) is 16.8 Å². The molecule has 190 valence electrons. The molecule has 1 aliphatic rings. The summed E-state index contributed by atoms with van der Waals surface area (Å²) in [6.07, 6.45) is 4.46. The molecule has 10 heteroatoms. The molecular weight excluding hydrogens is 484 g/mol. The summed E-state index contributed by atoms with van der Waals surface area (Å²) in [6.45, 7) is 7.01. The smallest absolute Gasteiger partial charge is 0.293 e. The molecule has 0 unspecified atom stereocenters. The van der Waals surface area contributed by atoms with Gasteiger partial charge in [0.15, 0.2) is 11.5 Å². The lowest BCUT2D eigenvalue weighted by molar-refractivity contribution is -0.384. The van der Waals surface area contributed by atoms with Crippen LogP contribution in [0, 0.1) is 10.1 Å². The highest BCUT2D eigenvalue weighted by atomic mass is 32.2. The van der Waals surface area contributed by atoms with Crippen LogP contribution >= 0.6 is 11.8 Å². The molecule has 9 nitrogen and oxygen atoms in total. The molecule has 0 atom stereocenters. The second-order valence-electron chi connectivity index (χ2n) is 7.83. The third-order valence-corrected chi connectivity index (χ3v) is 6.16. The van der Waals surface area contributed by atoms with E-state index in [2.05, 4.69) is 6.58 Å². The van der Waals surface area contributed by atoms with Gasteiger partial charge >= 0.3 is 0 Å². The van der Waals surface area contributed by atoms with Crippen molar-refractivity contribution in [2.24, 2.45) is 0 Å². The van der Waals surface area contributed by atoms with Crippen LogP contribution in [0.25, 0.3) is 6.08 Å². The zero-order valence-corrected chi connectivity index (χ0v) is 21.0. The van der Waals surface area contributed by atoms with E-state index in [1.165, 1.54) is 17.0 Å². The van der Waals surface area contributed by atoms with Crippen molar-refractivity contribution in [2.75, 3.05) is 26.9 Å². The van der Waals surface area contributed by atoms with E-state index in [1.807, 2.05) is 13.0 Å². The highest BCUT2D eigenvalue weighted by molar-refractivity contribution is 8.18. The molecule has 2 amide bonds. The van der Waals surface area contributed by atoms with Crippen LogP contribution in [0.15, 0.2) is 54.0 Å². The fraction of sp³-hybridized carbons (Fsp3) is 0.308. The minimum atomic E-state index is -0.451. The van der Waals surface area contributed by atoms with Crippen molar-refractivity contribution < 1.29 is 28.7 Å². The molecular formula is C26H28N2O7S. The number of nitro groups is 1. The number of rotatable bonds is 13. The summed E-state index contributed by atoms with van der Waals surface area (Å²) >= 11 is 0.906. The van der Waals surface area contributed by atoms with Gasteiger partial charge < -0.3 is 14.2 Å². The maximum absolute atomic E-state index is 12.8. The van der Waals surface area contributed by atoms with Crippen molar-refractivity contribution in [1.29, 1.82) is 0 Å². The monoisotopic (exact) mass is 512 g/mol. The summed E-state index contributed by atoms with van der Waals surface area (Å²) in [5.74, 6) is 0.687. The van der Waals surface area contributed by atoms with Crippen LogP contribution in [-0.4, -0.2) is 47.8 Å². The van der Waals surface area contributed by atoms with Crippen LogP contribution in [0.5, 0.6) is 11.5 Å². The topological polar surface area (TPSA) is 108 Å².